The third-order valence-electron chi connectivity index (χ3n) is 2.71. The predicted molar refractivity (Wildman–Crippen MR) is 82.2 cm³/mol. The van der Waals surface area contributed by atoms with Crippen LogP contribution in [0.1, 0.15) is 17.2 Å². The molecule has 0 saturated carbocycles. The van der Waals surface area contributed by atoms with Gasteiger partial charge in [-0.2, -0.15) is 0 Å². The summed E-state index contributed by atoms with van der Waals surface area (Å²) in [5, 5.41) is 0.482. The smallest absolute Gasteiger partial charge is 0.129 e. The van der Waals surface area contributed by atoms with Crippen LogP contribution >= 0.6 is 34.2 Å². The first-order valence-corrected chi connectivity index (χ1v) is 6.97. The number of hydrogen-bond donors (Lipinski definition) is 2. The van der Waals surface area contributed by atoms with Crippen molar-refractivity contribution in [2.24, 2.45) is 5.84 Å². The van der Waals surface area contributed by atoms with E-state index in [1.165, 1.54) is 9.13 Å². The molecule has 3 nitrogen and oxygen atoms in total. The lowest BCUT2D eigenvalue weighted by molar-refractivity contribution is 0.551. The summed E-state index contributed by atoms with van der Waals surface area (Å²) in [6.45, 7) is 0. The topological polar surface area (TPSA) is 50.9 Å². The number of hydrazine groups is 1. The molecule has 1 aromatic carbocycles. The first-order chi connectivity index (χ1) is 8.69. The summed E-state index contributed by atoms with van der Waals surface area (Å²) in [7, 11) is 0. The molecule has 0 radical (unpaired) electrons. The summed E-state index contributed by atoms with van der Waals surface area (Å²) in [4.78, 5) is 3.97. The Morgan fingerprint density at radius 3 is 2.61 bits per heavy atom. The van der Waals surface area contributed by atoms with Crippen molar-refractivity contribution >= 4 is 34.2 Å². The minimum Gasteiger partial charge on any atom is -0.271 e. The highest BCUT2D eigenvalue weighted by molar-refractivity contribution is 14.1. The number of hydrogen-bond acceptors (Lipinski definition) is 3. The summed E-state index contributed by atoms with van der Waals surface area (Å²) in [5.74, 6) is 5.62. The van der Waals surface area contributed by atoms with Crippen LogP contribution in [0.3, 0.4) is 0 Å². The van der Waals surface area contributed by atoms with E-state index in [4.69, 9.17) is 17.4 Å². The highest BCUT2D eigenvalue weighted by atomic mass is 127. The van der Waals surface area contributed by atoms with Gasteiger partial charge in [0, 0.05) is 9.77 Å². The fraction of sp³-hybridized carbons (Fsp3) is 0.154. The van der Waals surface area contributed by atoms with E-state index >= 15 is 0 Å². The maximum Gasteiger partial charge on any atom is 0.129 e. The van der Waals surface area contributed by atoms with Gasteiger partial charge >= 0.3 is 0 Å². The van der Waals surface area contributed by atoms with Crippen molar-refractivity contribution in [3.8, 4) is 0 Å². The number of nitrogens with two attached hydrogens (primary N) is 1. The normalized spacial score (nSPS) is 12.4. The Bertz CT molecular complexity index is 516. The van der Waals surface area contributed by atoms with E-state index in [2.05, 4.69) is 57.3 Å². The van der Waals surface area contributed by atoms with E-state index in [0.29, 0.717) is 5.15 Å². The molecule has 0 fully saturated rings. The molecule has 0 saturated heterocycles. The lowest BCUT2D eigenvalue weighted by Gasteiger charge is -2.16. The maximum atomic E-state index is 5.89. The van der Waals surface area contributed by atoms with Gasteiger partial charge in [0.25, 0.3) is 0 Å². The van der Waals surface area contributed by atoms with Gasteiger partial charge in [-0.3, -0.25) is 11.3 Å². The fourth-order valence-corrected chi connectivity index (χ4v) is 2.31. The van der Waals surface area contributed by atoms with Crippen LogP contribution in [0.5, 0.6) is 0 Å². The number of pyridine rings is 1. The minimum absolute atomic E-state index is 0.0329. The molecule has 0 bridgehead atoms. The Morgan fingerprint density at radius 1 is 1.28 bits per heavy atom. The van der Waals surface area contributed by atoms with Crippen LogP contribution in [0.2, 0.25) is 5.15 Å². The molecule has 2 rings (SSSR count). The summed E-state index contributed by atoms with van der Waals surface area (Å²) >= 11 is 8.18. The first kappa shape index (κ1) is 13.7. The van der Waals surface area contributed by atoms with Crippen molar-refractivity contribution in [1.82, 2.24) is 10.4 Å². The molecule has 1 heterocycles. The molecule has 1 unspecified atom stereocenters. The standard InChI is InChI=1S/C13H13ClIN3/c14-13-8-10(5-6-17-13)12(18-16)7-9-1-3-11(15)4-2-9/h1-6,8,12,18H,7,16H2. The zero-order chi connectivity index (χ0) is 13.0. The van der Waals surface area contributed by atoms with E-state index in [0.717, 1.165) is 12.0 Å². The third kappa shape index (κ3) is 3.65. The molecule has 0 amide bonds. The summed E-state index contributed by atoms with van der Waals surface area (Å²) in [5.41, 5.74) is 5.09. The summed E-state index contributed by atoms with van der Waals surface area (Å²) in [6.07, 6.45) is 2.50. The van der Waals surface area contributed by atoms with Gasteiger partial charge in [0.05, 0.1) is 6.04 Å². The maximum absolute atomic E-state index is 5.89. The van der Waals surface area contributed by atoms with Gasteiger partial charge in [0.2, 0.25) is 0 Å². The summed E-state index contributed by atoms with van der Waals surface area (Å²) in [6, 6.07) is 12.2. The zero-order valence-corrected chi connectivity index (χ0v) is 12.5. The second-order valence-corrected chi connectivity index (χ2v) is 5.59. The summed E-state index contributed by atoms with van der Waals surface area (Å²) < 4.78 is 1.22. The average Bonchev–Trinajstić information content (AvgIpc) is 2.38. The van der Waals surface area contributed by atoms with Gasteiger partial charge in [0.15, 0.2) is 0 Å². The number of benzene rings is 1. The number of nitrogens with one attached hydrogen (secondary N) is 1. The van der Waals surface area contributed by atoms with Gasteiger partial charge < -0.3 is 0 Å². The Hall–Kier alpha value is -0.690. The molecule has 0 aliphatic rings. The number of halogens is 2. The molecule has 3 N–H and O–H groups in total. The second-order valence-electron chi connectivity index (χ2n) is 3.96. The molecule has 0 spiro atoms. The van der Waals surface area contributed by atoms with Crippen molar-refractivity contribution < 1.29 is 0 Å². The van der Waals surface area contributed by atoms with E-state index < -0.39 is 0 Å². The highest BCUT2D eigenvalue weighted by Crippen LogP contribution is 2.20. The van der Waals surface area contributed by atoms with E-state index in [1.807, 2.05) is 12.1 Å². The van der Waals surface area contributed by atoms with Gasteiger partial charge in [-0.15, -0.1) is 0 Å². The van der Waals surface area contributed by atoms with Gasteiger partial charge in [-0.05, 0) is 64.4 Å². The Balaban J connectivity index is 2.17. The van der Waals surface area contributed by atoms with E-state index in [1.54, 1.807) is 6.20 Å². The predicted octanol–water partition coefficient (Wildman–Crippen LogP) is 3.09. The van der Waals surface area contributed by atoms with Crippen molar-refractivity contribution in [3.05, 3.63) is 62.4 Å². The fourth-order valence-electron chi connectivity index (χ4n) is 1.76. The Kier molecular flexibility index (Phi) is 4.94. The first-order valence-electron chi connectivity index (χ1n) is 5.51. The SMILES string of the molecule is NNC(Cc1ccc(I)cc1)c1ccnc(Cl)c1. The molecule has 0 aliphatic carbocycles. The molecule has 94 valence electrons. The molecule has 5 heteroatoms. The van der Waals surface area contributed by atoms with Crippen LogP contribution in [0, 0.1) is 3.57 Å². The average molecular weight is 374 g/mol. The van der Waals surface area contributed by atoms with Crippen molar-refractivity contribution in [3.63, 3.8) is 0 Å². The highest BCUT2D eigenvalue weighted by Gasteiger charge is 2.11. The molecular weight excluding hydrogens is 361 g/mol. The lowest BCUT2D eigenvalue weighted by atomic mass is 10.0. The lowest BCUT2D eigenvalue weighted by Crippen LogP contribution is -2.29. The largest absolute Gasteiger partial charge is 0.271 e. The molecule has 0 aliphatic heterocycles. The van der Waals surface area contributed by atoms with Crippen molar-refractivity contribution in [2.75, 3.05) is 0 Å². The molecule has 2 aromatic rings. The van der Waals surface area contributed by atoms with Gasteiger partial charge in [0.1, 0.15) is 5.15 Å². The van der Waals surface area contributed by atoms with Gasteiger partial charge in [-0.1, -0.05) is 23.7 Å². The Morgan fingerprint density at radius 2 is 2.00 bits per heavy atom. The molecule has 18 heavy (non-hydrogen) atoms. The van der Waals surface area contributed by atoms with E-state index in [-0.39, 0.29) is 6.04 Å². The molecular formula is C13H13ClIN3. The second kappa shape index (κ2) is 6.47. The zero-order valence-electron chi connectivity index (χ0n) is 9.61. The van der Waals surface area contributed by atoms with Crippen molar-refractivity contribution in [2.45, 2.75) is 12.5 Å². The van der Waals surface area contributed by atoms with Gasteiger partial charge in [-0.25, -0.2) is 4.98 Å². The number of rotatable bonds is 4. The molecule has 1 atom stereocenters. The van der Waals surface area contributed by atoms with E-state index in [9.17, 15) is 0 Å². The van der Waals surface area contributed by atoms with Crippen LogP contribution in [0.25, 0.3) is 0 Å². The monoisotopic (exact) mass is 373 g/mol. The van der Waals surface area contributed by atoms with Crippen LogP contribution in [0.4, 0.5) is 0 Å². The van der Waals surface area contributed by atoms with Crippen LogP contribution in [0.15, 0.2) is 42.6 Å². The Labute approximate surface area is 125 Å². The van der Waals surface area contributed by atoms with Crippen LogP contribution in [-0.4, -0.2) is 4.98 Å². The van der Waals surface area contributed by atoms with Crippen LogP contribution in [-0.2, 0) is 6.42 Å². The number of aromatic nitrogens is 1. The van der Waals surface area contributed by atoms with Crippen LogP contribution < -0.4 is 11.3 Å². The minimum atomic E-state index is 0.0329. The molecule has 1 aromatic heterocycles. The number of nitrogens with zero attached hydrogens (tertiary/aromatic N) is 1. The third-order valence-corrected chi connectivity index (χ3v) is 3.63. The van der Waals surface area contributed by atoms with Crippen molar-refractivity contribution in [1.29, 1.82) is 0 Å². The quantitative estimate of drug-likeness (QED) is 0.375.